The number of hydrogen-bond acceptors (Lipinski definition) is 3. The minimum absolute atomic E-state index is 0.265. The first-order valence-electron chi connectivity index (χ1n) is 3.30. The van der Waals surface area contributed by atoms with Crippen LogP contribution in [-0.2, 0) is 4.74 Å². The minimum Gasteiger partial charge on any atom is -0.495 e. The molecular weight excluding hydrogens is 132 g/mol. The maximum absolute atomic E-state index is 9.41. The molecule has 1 aliphatic rings. The first kappa shape index (κ1) is 7.57. The Balaban J connectivity index is 2.48. The largest absolute Gasteiger partial charge is 0.495 e. The number of hydrogen-bond donors (Lipinski definition) is 2. The molecule has 0 aromatic carbocycles. The number of ether oxygens (including phenoxy) is 1. The van der Waals surface area contributed by atoms with E-state index < -0.39 is 5.60 Å². The Morgan fingerprint density at radius 3 is 2.90 bits per heavy atom. The van der Waals surface area contributed by atoms with E-state index in [-0.39, 0.29) is 12.7 Å². The molecule has 3 heteroatoms. The Kier molecular flexibility index (Phi) is 1.97. The van der Waals surface area contributed by atoms with Crippen molar-refractivity contribution in [2.24, 2.45) is 0 Å². The fraction of sp³-hybridized carbons (Fsp3) is 0.714. The van der Waals surface area contributed by atoms with E-state index >= 15 is 0 Å². The molecule has 1 heterocycles. The van der Waals surface area contributed by atoms with Gasteiger partial charge in [0.15, 0.2) is 0 Å². The van der Waals surface area contributed by atoms with Crippen LogP contribution in [0.25, 0.3) is 0 Å². The summed E-state index contributed by atoms with van der Waals surface area (Å²) in [7, 11) is 0. The molecule has 2 N–H and O–H groups in total. The lowest BCUT2D eigenvalue weighted by atomic mass is 9.99. The average Bonchev–Trinajstić information content (AvgIpc) is 2.38. The van der Waals surface area contributed by atoms with Crippen LogP contribution in [0.3, 0.4) is 0 Å². The van der Waals surface area contributed by atoms with Gasteiger partial charge in [-0.05, 0) is 13.0 Å². The van der Waals surface area contributed by atoms with Crippen LogP contribution in [0.15, 0.2) is 12.3 Å². The van der Waals surface area contributed by atoms with Gasteiger partial charge in [-0.15, -0.1) is 0 Å². The summed E-state index contributed by atoms with van der Waals surface area (Å²) in [6.45, 7) is 1.30. The van der Waals surface area contributed by atoms with Crippen LogP contribution in [-0.4, -0.2) is 28.5 Å². The van der Waals surface area contributed by atoms with E-state index in [1.54, 1.807) is 13.2 Å². The van der Waals surface area contributed by atoms with Gasteiger partial charge in [-0.2, -0.15) is 0 Å². The van der Waals surface area contributed by atoms with Crippen LogP contribution in [0.5, 0.6) is 0 Å². The standard InChI is InChI=1S/C7H12O3/c1-7(9,5-8)6-3-2-4-10-6/h2,4,6,8-9H,3,5H2,1H3. The van der Waals surface area contributed by atoms with E-state index in [0.29, 0.717) is 6.42 Å². The fourth-order valence-electron chi connectivity index (χ4n) is 0.887. The van der Waals surface area contributed by atoms with Crippen LogP contribution in [0.4, 0.5) is 0 Å². The molecule has 0 aromatic rings. The first-order chi connectivity index (χ1) is 4.67. The van der Waals surface area contributed by atoms with Gasteiger partial charge in [0.2, 0.25) is 0 Å². The Morgan fingerprint density at radius 2 is 2.50 bits per heavy atom. The normalized spacial score (nSPS) is 29.7. The molecule has 2 unspecified atom stereocenters. The van der Waals surface area contributed by atoms with Crippen molar-refractivity contribution < 1.29 is 14.9 Å². The summed E-state index contributed by atoms with van der Waals surface area (Å²) in [5.74, 6) is 0. The van der Waals surface area contributed by atoms with Crippen molar-refractivity contribution in [1.29, 1.82) is 0 Å². The molecule has 2 atom stereocenters. The summed E-state index contributed by atoms with van der Waals surface area (Å²) in [5.41, 5.74) is -1.11. The molecule has 0 fully saturated rings. The van der Waals surface area contributed by atoms with E-state index in [1.165, 1.54) is 0 Å². The molecule has 0 saturated carbocycles. The van der Waals surface area contributed by atoms with E-state index in [2.05, 4.69) is 0 Å². The summed E-state index contributed by atoms with van der Waals surface area (Å²) < 4.78 is 5.02. The van der Waals surface area contributed by atoms with Crippen LogP contribution >= 0.6 is 0 Å². The van der Waals surface area contributed by atoms with Gasteiger partial charge >= 0.3 is 0 Å². The van der Waals surface area contributed by atoms with Gasteiger partial charge in [0.1, 0.15) is 11.7 Å². The van der Waals surface area contributed by atoms with E-state index in [9.17, 15) is 5.11 Å². The molecule has 0 amide bonds. The maximum Gasteiger partial charge on any atom is 0.132 e. The van der Waals surface area contributed by atoms with Crippen molar-refractivity contribution in [3.05, 3.63) is 12.3 Å². The quantitative estimate of drug-likeness (QED) is 0.575. The number of aliphatic hydroxyl groups excluding tert-OH is 1. The van der Waals surface area contributed by atoms with Crippen LogP contribution in [0.1, 0.15) is 13.3 Å². The molecule has 0 bridgehead atoms. The van der Waals surface area contributed by atoms with Crippen LogP contribution in [0.2, 0.25) is 0 Å². The summed E-state index contributed by atoms with van der Waals surface area (Å²) in [4.78, 5) is 0. The van der Waals surface area contributed by atoms with Crippen LogP contribution < -0.4 is 0 Å². The van der Waals surface area contributed by atoms with Gasteiger partial charge < -0.3 is 14.9 Å². The Morgan fingerprint density at radius 1 is 1.80 bits per heavy atom. The second-order valence-corrected chi connectivity index (χ2v) is 2.75. The van der Waals surface area contributed by atoms with Crippen LogP contribution in [0, 0.1) is 0 Å². The smallest absolute Gasteiger partial charge is 0.132 e. The highest BCUT2D eigenvalue weighted by Gasteiger charge is 2.33. The van der Waals surface area contributed by atoms with E-state index in [4.69, 9.17) is 9.84 Å². The monoisotopic (exact) mass is 144 g/mol. The minimum atomic E-state index is -1.11. The lowest BCUT2D eigenvalue weighted by molar-refractivity contribution is -0.0876. The molecule has 0 spiro atoms. The highest BCUT2D eigenvalue weighted by atomic mass is 16.5. The van der Waals surface area contributed by atoms with Gasteiger partial charge in [0, 0.05) is 6.42 Å². The molecule has 58 valence electrons. The van der Waals surface area contributed by atoms with Crippen molar-refractivity contribution in [1.82, 2.24) is 0 Å². The molecule has 0 aromatic heterocycles. The summed E-state index contributed by atoms with van der Waals surface area (Å²) >= 11 is 0. The molecule has 0 radical (unpaired) electrons. The van der Waals surface area contributed by atoms with Crippen molar-refractivity contribution in [2.75, 3.05) is 6.61 Å². The molecule has 1 rings (SSSR count). The third kappa shape index (κ3) is 1.30. The zero-order chi connectivity index (χ0) is 7.61. The molecular formula is C7H12O3. The molecule has 1 aliphatic heterocycles. The number of rotatable bonds is 2. The zero-order valence-corrected chi connectivity index (χ0v) is 5.95. The third-order valence-corrected chi connectivity index (χ3v) is 1.70. The predicted octanol–water partition coefficient (Wildman–Crippen LogP) is 0.0323. The van der Waals surface area contributed by atoms with Crippen molar-refractivity contribution >= 4 is 0 Å². The van der Waals surface area contributed by atoms with Crippen molar-refractivity contribution in [2.45, 2.75) is 25.0 Å². The van der Waals surface area contributed by atoms with E-state index in [0.717, 1.165) is 0 Å². The SMILES string of the molecule is CC(O)(CO)C1CC=CO1. The lowest BCUT2D eigenvalue weighted by Gasteiger charge is -2.26. The Labute approximate surface area is 59.9 Å². The molecule has 10 heavy (non-hydrogen) atoms. The number of aliphatic hydroxyl groups is 2. The van der Waals surface area contributed by atoms with Gasteiger partial charge in [0.25, 0.3) is 0 Å². The molecule has 0 aliphatic carbocycles. The van der Waals surface area contributed by atoms with Gasteiger partial charge in [-0.3, -0.25) is 0 Å². The third-order valence-electron chi connectivity index (χ3n) is 1.70. The Bertz CT molecular complexity index is 132. The summed E-state index contributed by atoms with van der Waals surface area (Å²) in [6, 6.07) is 0. The molecule has 0 saturated heterocycles. The van der Waals surface area contributed by atoms with E-state index in [1.807, 2.05) is 6.08 Å². The first-order valence-corrected chi connectivity index (χ1v) is 3.30. The molecule has 3 nitrogen and oxygen atoms in total. The average molecular weight is 144 g/mol. The zero-order valence-electron chi connectivity index (χ0n) is 5.95. The highest BCUT2D eigenvalue weighted by Crippen LogP contribution is 2.20. The van der Waals surface area contributed by atoms with Gasteiger partial charge in [-0.1, -0.05) is 0 Å². The Hall–Kier alpha value is -0.540. The van der Waals surface area contributed by atoms with Crippen molar-refractivity contribution in [3.8, 4) is 0 Å². The lowest BCUT2D eigenvalue weighted by Crippen LogP contribution is -2.42. The van der Waals surface area contributed by atoms with Gasteiger partial charge in [0.05, 0.1) is 12.9 Å². The topological polar surface area (TPSA) is 49.7 Å². The fourth-order valence-corrected chi connectivity index (χ4v) is 0.887. The predicted molar refractivity (Wildman–Crippen MR) is 36.3 cm³/mol. The summed E-state index contributed by atoms with van der Waals surface area (Å²) in [6.07, 6.45) is 3.77. The summed E-state index contributed by atoms with van der Waals surface area (Å²) in [5, 5.41) is 18.1. The maximum atomic E-state index is 9.41. The van der Waals surface area contributed by atoms with Gasteiger partial charge in [-0.25, -0.2) is 0 Å². The second kappa shape index (κ2) is 2.60. The second-order valence-electron chi connectivity index (χ2n) is 2.75. The highest BCUT2D eigenvalue weighted by molar-refractivity contribution is 4.95. The van der Waals surface area contributed by atoms with Crippen molar-refractivity contribution in [3.63, 3.8) is 0 Å².